The molecule has 0 spiro atoms. The van der Waals surface area contributed by atoms with E-state index in [1.807, 2.05) is 20.8 Å². The molecule has 0 amide bonds. The number of benzene rings is 2. The molecule has 3 aromatic rings. The van der Waals surface area contributed by atoms with Crippen molar-refractivity contribution in [1.82, 2.24) is 9.97 Å². The maximum Gasteiger partial charge on any atom is 0.321 e. The van der Waals surface area contributed by atoms with Crippen molar-refractivity contribution in [3.8, 4) is 11.9 Å². The molecule has 12 heteroatoms. The molecule has 0 saturated heterocycles. The lowest BCUT2D eigenvalue weighted by atomic mass is 9.87. The van der Waals surface area contributed by atoms with Gasteiger partial charge in [-0.15, -0.1) is 0 Å². The van der Waals surface area contributed by atoms with E-state index in [9.17, 15) is 16.8 Å². The molecule has 0 radical (unpaired) electrons. The zero-order valence-corrected chi connectivity index (χ0v) is 21.0. The lowest BCUT2D eigenvalue weighted by Crippen LogP contribution is -2.16. The largest absolute Gasteiger partial charge is 0.481 e. The lowest BCUT2D eigenvalue weighted by Gasteiger charge is -2.19. The first kappa shape index (κ1) is 25.2. The van der Waals surface area contributed by atoms with Crippen molar-refractivity contribution in [2.75, 3.05) is 23.7 Å². The first-order valence-corrected chi connectivity index (χ1v) is 13.0. The number of rotatable bonds is 8. The molecule has 0 aliphatic rings. The van der Waals surface area contributed by atoms with Crippen LogP contribution in [0.15, 0.2) is 64.4 Å². The normalized spacial score (nSPS) is 12.1. The smallest absolute Gasteiger partial charge is 0.321 e. The van der Waals surface area contributed by atoms with E-state index >= 15 is 0 Å². The quantitative estimate of drug-likeness (QED) is 0.474. The van der Waals surface area contributed by atoms with Crippen molar-refractivity contribution in [2.45, 2.75) is 36.0 Å². The molecular weight excluding hydrogens is 480 g/mol. The van der Waals surface area contributed by atoms with Crippen molar-refractivity contribution in [3.05, 3.63) is 60.2 Å². The molecule has 0 fully saturated rings. The SMILES string of the molecule is COc1cc(NS(=O)(=O)c2ccc(NS(=O)(=O)c3ccc(C(C)(C)C)cc3)cc2)nc(OC)n1. The van der Waals surface area contributed by atoms with Gasteiger partial charge in [-0.25, -0.2) is 16.8 Å². The maximum absolute atomic E-state index is 12.7. The van der Waals surface area contributed by atoms with E-state index in [1.54, 1.807) is 12.1 Å². The zero-order chi connectivity index (χ0) is 25.1. The van der Waals surface area contributed by atoms with Crippen LogP contribution in [0.25, 0.3) is 0 Å². The Morgan fingerprint density at radius 1 is 0.735 bits per heavy atom. The Balaban J connectivity index is 1.78. The minimum atomic E-state index is -4.02. The third kappa shape index (κ3) is 5.94. The van der Waals surface area contributed by atoms with Gasteiger partial charge >= 0.3 is 6.01 Å². The highest BCUT2D eigenvalue weighted by Crippen LogP contribution is 2.25. The zero-order valence-electron chi connectivity index (χ0n) is 19.4. The lowest BCUT2D eigenvalue weighted by molar-refractivity contribution is 0.353. The summed E-state index contributed by atoms with van der Waals surface area (Å²) in [5.74, 6) is 0.0667. The third-order valence-electron chi connectivity index (χ3n) is 4.76. The van der Waals surface area contributed by atoms with Crippen LogP contribution >= 0.6 is 0 Å². The van der Waals surface area contributed by atoms with Crippen molar-refractivity contribution in [3.63, 3.8) is 0 Å². The molecule has 0 atom stereocenters. The number of nitrogens with one attached hydrogen (secondary N) is 2. The van der Waals surface area contributed by atoms with E-state index < -0.39 is 20.0 Å². The van der Waals surface area contributed by atoms with Crippen LogP contribution in [0.5, 0.6) is 11.9 Å². The van der Waals surface area contributed by atoms with Gasteiger partial charge < -0.3 is 9.47 Å². The summed E-state index contributed by atoms with van der Waals surface area (Å²) in [5, 5.41) is 0. The average Bonchev–Trinajstić information content (AvgIpc) is 2.78. The van der Waals surface area contributed by atoms with Crippen LogP contribution in [0.2, 0.25) is 0 Å². The highest BCUT2D eigenvalue weighted by atomic mass is 32.2. The van der Waals surface area contributed by atoms with Crippen LogP contribution in [0.4, 0.5) is 11.5 Å². The average molecular weight is 507 g/mol. The van der Waals surface area contributed by atoms with Gasteiger partial charge in [-0.05, 0) is 47.4 Å². The Bertz CT molecular complexity index is 1340. The number of aromatic nitrogens is 2. The summed E-state index contributed by atoms with van der Waals surface area (Å²) in [6, 6.07) is 13.1. The first-order valence-electron chi connectivity index (χ1n) is 10.1. The topological polar surface area (TPSA) is 137 Å². The van der Waals surface area contributed by atoms with Gasteiger partial charge in [0.25, 0.3) is 20.0 Å². The van der Waals surface area contributed by atoms with E-state index in [0.717, 1.165) is 5.56 Å². The van der Waals surface area contributed by atoms with E-state index in [4.69, 9.17) is 9.47 Å². The fraction of sp³-hybridized carbons (Fsp3) is 0.273. The number of anilines is 2. The third-order valence-corrected chi connectivity index (χ3v) is 7.53. The van der Waals surface area contributed by atoms with E-state index in [0.29, 0.717) is 0 Å². The molecule has 0 aliphatic heterocycles. The molecule has 0 aliphatic carbocycles. The second-order valence-electron chi connectivity index (χ2n) is 8.29. The summed E-state index contributed by atoms with van der Waals surface area (Å²) in [6.45, 7) is 6.12. The van der Waals surface area contributed by atoms with Gasteiger partial charge in [0.2, 0.25) is 5.88 Å². The summed E-state index contributed by atoms with van der Waals surface area (Å²) in [5.41, 5.74) is 1.12. The molecule has 0 bridgehead atoms. The van der Waals surface area contributed by atoms with E-state index in [-0.39, 0.29) is 38.6 Å². The van der Waals surface area contributed by atoms with Crippen LogP contribution in [0.1, 0.15) is 26.3 Å². The molecule has 0 unspecified atom stereocenters. The van der Waals surface area contributed by atoms with Gasteiger partial charge in [-0.3, -0.25) is 9.44 Å². The maximum atomic E-state index is 12.7. The minimum Gasteiger partial charge on any atom is -0.481 e. The number of sulfonamides is 2. The number of hydrogen-bond acceptors (Lipinski definition) is 8. The van der Waals surface area contributed by atoms with Crippen molar-refractivity contribution in [2.24, 2.45) is 0 Å². The second kappa shape index (κ2) is 9.47. The van der Waals surface area contributed by atoms with E-state index in [1.165, 1.54) is 56.7 Å². The summed E-state index contributed by atoms with van der Waals surface area (Å²) < 4.78 is 65.7. The van der Waals surface area contributed by atoms with Crippen molar-refractivity contribution in [1.29, 1.82) is 0 Å². The Morgan fingerprint density at radius 3 is 1.76 bits per heavy atom. The monoisotopic (exact) mass is 506 g/mol. The predicted octanol–water partition coefficient (Wildman–Crippen LogP) is 3.39. The fourth-order valence-corrected chi connectivity index (χ4v) is 4.95. The molecular formula is C22H26N4O6S2. The summed E-state index contributed by atoms with van der Waals surface area (Å²) in [4.78, 5) is 7.85. The standard InChI is InChI=1S/C22H26N4O6S2/c1-22(2,3)15-6-10-17(11-7-15)33(27,28)25-16-8-12-18(13-9-16)34(29,30)26-19-14-20(31-4)24-21(23-19)32-5/h6-14,25H,1-5H3,(H,23,24,26). The Morgan fingerprint density at radius 2 is 1.26 bits per heavy atom. The molecule has 3 rings (SSSR count). The highest BCUT2D eigenvalue weighted by Gasteiger charge is 2.20. The van der Waals surface area contributed by atoms with Crippen LogP contribution in [0.3, 0.4) is 0 Å². The Labute approximate surface area is 199 Å². The predicted molar refractivity (Wildman–Crippen MR) is 128 cm³/mol. The van der Waals surface area contributed by atoms with Crippen LogP contribution < -0.4 is 18.9 Å². The van der Waals surface area contributed by atoms with Crippen LogP contribution in [-0.4, -0.2) is 41.0 Å². The van der Waals surface area contributed by atoms with E-state index in [2.05, 4.69) is 19.4 Å². The molecule has 0 saturated carbocycles. The second-order valence-corrected chi connectivity index (χ2v) is 11.7. The number of methoxy groups -OCH3 is 2. The number of ether oxygens (including phenoxy) is 2. The van der Waals surface area contributed by atoms with Crippen molar-refractivity contribution >= 4 is 31.6 Å². The summed E-state index contributed by atoms with van der Waals surface area (Å²) in [7, 11) is -5.16. The Hall–Kier alpha value is -3.38. The molecule has 2 N–H and O–H groups in total. The number of hydrogen-bond donors (Lipinski definition) is 2. The van der Waals surface area contributed by atoms with Crippen LogP contribution in [0, 0.1) is 0 Å². The molecule has 2 aromatic carbocycles. The summed E-state index contributed by atoms with van der Waals surface area (Å²) in [6.07, 6.45) is 0. The van der Waals surface area contributed by atoms with Gasteiger partial charge in [0.1, 0.15) is 0 Å². The highest BCUT2D eigenvalue weighted by molar-refractivity contribution is 7.93. The Kier molecular flexibility index (Phi) is 7.03. The van der Waals surface area contributed by atoms with Gasteiger partial charge in [0.15, 0.2) is 5.82 Å². The van der Waals surface area contributed by atoms with Crippen molar-refractivity contribution < 1.29 is 26.3 Å². The van der Waals surface area contributed by atoms with Gasteiger partial charge in [-0.2, -0.15) is 9.97 Å². The molecule has 1 aromatic heterocycles. The van der Waals surface area contributed by atoms with Gasteiger partial charge in [-0.1, -0.05) is 32.9 Å². The molecule has 10 nitrogen and oxygen atoms in total. The first-order chi connectivity index (χ1) is 15.8. The molecule has 182 valence electrons. The minimum absolute atomic E-state index is 0.0489. The summed E-state index contributed by atoms with van der Waals surface area (Å²) >= 11 is 0. The molecule has 34 heavy (non-hydrogen) atoms. The number of nitrogens with zero attached hydrogens (tertiary/aromatic N) is 2. The fourth-order valence-electron chi connectivity index (χ4n) is 2.90. The van der Waals surface area contributed by atoms with Gasteiger partial charge in [0.05, 0.1) is 24.0 Å². The van der Waals surface area contributed by atoms with Crippen LogP contribution in [-0.2, 0) is 25.5 Å². The van der Waals surface area contributed by atoms with Gasteiger partial charge in [0, 0.05) is 11.8 Å². The molecule has 1 heterocycles.